The molecule has 0 saturated heterocycles. The lowest BCUT2D eigenvalue weighted by atomic mass is 9.80. The van der Waals surface area contributed by atoms with Crippen molar-refractivity contribution in [3.8, 4) is 0 Å². The molecule has 172 valence electrons. The fraction of sp³-hybridized carbons (Fsp3) is 0.360. The summed E-state index contributed by atoms with van der Waals surface area (Å²) in [6.07, 6.45) is 7.96. The number of nitrogens with one attached hydrogen (secondary N) is 2. The molecule has 2 heterocycles. The first kappa shape index (κ1) is 22.8. The summed E-state index contributed by atoms with van der Waals surface area (Å²) >= 11 is 0. The van der Waals surface area contributed by atoms with Gasteiger partial charge in [-0.1, -0.05) is 18.2 Å². The van der Waals surface area contributed by atoms with Crippen LogP contribution >= 0.6 is 0 Å². The second kappa shape index (κ2) is 11.0. The van der Waals surface area contributed by atoms with Crippen LogP contribution in [0.15, 0.2) is 60.9 Å². The molecule has 1 fully saturated rings. The molecule has 0 radical (unpaired) electrons. The summed E-state index contributed by atoms with van der Waals surface area (Å²) in [5, 5.41) is 6.14. The van der Waals surface area contributed by atoms with Crippen molar-refractivity contribution in [2.24, 2.45) is 11.7 Å². The smallest absolute Gasteiger partial charge is 0.237 e. The highest BCUT2D eigenvalue weighted by atomic mass is 19.1. The van der Waals surface area contributed by atoms with E-state index in [1.54, 1.807) is 24.5 Å². The predicted octanol–water partition coefficient (Wildman–Crippen LogP) is 3.71. The van der Waals surface area contributed by atoms with Crippen molar-refractivity contribution in [2.75, 3.05) is 11.9 Å². The van der Waals surface area contributed by atoms with E-state index in [1.807, 2.05) is 24.3 Å². The van der Waals surface area contributed by atoms with E-state index >= 15 is 0 Å². The van der Waals surface area contributed by atoms with Gasteiger partial charge in [0, 0.05) is 30.6 Å². The highest BCUT2D eigenvalue weighted by molar-refractivity contribution is 5.81. The minimum Gasteiger partial charge on any atom is -0.354 e. The van der Waals surface area contributed by atoms with Crippen LogP contribution in [0.2, 0.25) is 0 Å². The van der Waals surface area contributed by atoms with Crippen molar-refractivity contribution in [2.45, 2.75) is 44.1 Å². The molecule has 0 spiro atoms. The van der Waals surface area contributed by atoms with Gasteiger partial charge in [0.05, 0.1) is 6.04 Å². The molecule has 4 N–H and O–H groups in total. The summed E-state index contributed by atoms with van der Waals surface area (Å²) < 4.78 is 13.0. The van der Waals surface area contributed by atoms with E-state index in [0.29, 0.717) is 36.6 Å². The van der Waals surface area contributed by atoms with Crippen LogP contribution in [0.25, 0.3) is 0 Å². The van der Waals surface area contributed by atoms with Gasteiger partial charge in [-0.05, 0) is 73.9 Å². The van der Waals surface area contributed by atoms with Gasteiger partial charge in [0.15, 0.2) is 0 Å². The number of hydrogen-bond acceptors (Lipinski definition) is 6. The second-order valence-corrected chi connectivity index (χ2v) is 8.54. The predicted molar refractivity (Wildman–Crippen MR) is 125 cm³/mol. The summed E-state index contributed by atoms with van der Waals surface area (Å²) in [6, 6.07) is 13.1. The van der Waals surface area contributed by atoms with Crippen LogP contribution in [-0.4, -0.2) is 33.4 Å². The quantitative estimate of drug-likeness (QED) is 0.485. The van der Waals surface area contributed by atoms with E-state index in [1.165, 1.54) is 12.1 Å². The van der Waals surface area contributed by atoms with Gasteiger partial charge in [0.25, 0.3) is 0 Å². The number of aromatic nitrogens is 3. The Morgan fingerprint density at radius 3 is 2.55 bits per heavy atom. The van der Waals surface area contributed by atoms with Gasteiger partial charge in [0.1, 0.15) is 11.6 Å². The first-order chi connectivity index (χ1) is 16.1. The van der Waals surface area contributed by atoms with E-state index < -0.39 is 6.04 Å². The summed E-state index contributed by atoms with van der Waals surface area (Å²) in [5.41, 5.74) is 7.92. The largest absolute Gasteiger partial charge is 0.354 e. The Morgan fingerprint density at radius 1 is 1.03 bits per heavy atom. The molecule has 0 aliphatic heterocycles. The van der Waals surface area contributed by atoms with Crippen LogP contribution in [0.1, 0.15) is 42.9 Å². The summed E-state index contributed by atoms with van der Waals surface area (Å²) in [7, 11) is 0. The van der Waals surface area contributed by atoms with E-state index in [-0.39, 0.29) is 11.7 Å². The minimum absolute atomic E-state index is 0.164. The number of rotatable bonds is 8. The molecule has 1 aliphatic rings. The molecule has 0 bridgehead atoms. The van der Waals surface area contributed by atoms with E-state index in [0.717, 1.165) is 36.9 Å². The molecule has 1 aliphatic carbocycles. The first-order valence-electron chi connectivity index (χ1n) is 11.4. The number of anilines is 2. The van der Waals surface area contributed by atoms with Crippen LogP contribution in [0.4, 0.5) is 16.2 Å². The van der Waals surface area contributed by atoms with Gasteiger partial charge >= 0.3 is 0 Å². The maximum atomic E-state index is 13.0. The zero-order chi connectivity index (χ0) is 23.0. The van der Waals surface area contributed by atoms with Gasteiger partial charge in [0.2, 0.25) is 11.9 Å². The lowest BCUT2D eigenvalue weighted by Gasteiger charge is -2.28. The number of benzene rings is 1. The van der Waals surface area contributed by atoms with Gasteiger partial charge in [-0.2, -0.15) is 0 Å². The number of nitrogens with zero attached hydrogens (tertiary/aromatic N) is 3. The van der Waals surface area contributed by atoms with Crippen molar-refractivity contribution in [1.29, 1.82) is 0 Å². The molecule has 1 unspecified atom stereocenters. The molecule has 7 nitrogen and oxygen atoms in total. The highest BCUT2D eigenvalue weighted by Gasteiger charge is 2.24. The fourth-order valence-electron chi connectivity index (χ4n) is 4.22. The number of amides is 1. The van der Waals surface area contributed by atoms with Crippen LogP contribution in [0.3, 0.4) is 0 Å². The first-order valence-corrected chi connectivity index (χ1v) is 11.4. The summed E-state index contributed by atoms with van der Waals surface area (Å²) in [5.74, 6) is 1.61. The Bertz CT molecular complexity index is 1040. The Kier molecular flexibility index (Phi) is 7.57. The zero-order valence-electron chi connectivity index (χ0n) is 18.5. The lowest BCUT2D eigenvalue weighted by molar-refractivity contribution is -0.122. The molecule has 3 aromatic rings. The Hall–Kier alpha value is -3.39. The fourth-order valence-corrected chi connectivity index (χ4v) is 4.22. The molecular weight excluding hydrogens is 419 g/mol. The van der Waals surface area contributed by atoms with E-state index in [2.05, 4.69) is 25.6 Å². The molecule has 2 aromatic heterocycles. The number of carbonyl (C=O) groups excluding carboxylic acids is 1. The molecular formula is C25H29FN6O. The minimum atomic E-state index is -0.641. The van der Waals surface area contributed by atoms with Crippen LogP contribution in [0.5, 0.6) is 0 Å². The summed E-state index contributed by atoms with van der Waals surface area (Å²) in [6.45, 7) is 0.624. The maximum absolute atomic E-state index is 13.0. The number of nitrogens with two attached hydrogens (primary N) is 1. The van der Waals surface area contributed by atoms with Gasteiger partial charge < -0.3 is 16.4 Å². The van der Waals surface area contributed by atoms with Crippen LogP contribution in [0, 0.1) is 11.7 Å². The maximum Gasteiger partial charge on any atom is 0.237 e. The molecule has 1 atom stereocenters. The topological polar surface area (TPSA) is 106 Å². The van der Waals surface area contributed by atoms with Crippen molar-refractivity contribution in [1.82, 2.24) is 20.3 Å². The number of halogens is 1. The zero-order valence-corrected chi connectivity index (χ0v) is 18.5. The number of carbonyl (C=O) groups is 1. The Balaban J connectivity index is 1.22. The normalized spacial score (nSPS) is 19.0. The third-order valence-electron chi connectivity index (χ3n) is 6.12. The Morgan fingerprint density at radius 2 is 1.82 bits per heavy atom. The average Bonchev–Trinajstić information content (AvgIpc) is 2.85. The van der Waals surface area contributed by atoms with Gasteiger partial charge in [-0.3, -0.25) is 4.79 Å². The van der Waals surface area contributed by atoms with Crippen LogP contribution in [-0.2, 0) is 11.2 Å². The number of hydrogen-bond donors (Lipinski definition) is 3. The summed E-state index contributed by atoms with van der Waals surface area (Å²) in [4.78, 5) is 25.6. The third-order valence-corrected chi connectivity index (χ3v) is 6.12. The van der Waals surface area contributed by atoms with Crippen molar-refractivity contribution >= 4 is 17.7 Å². The molecule has 4 rings (SSSR count). The van der Waals surface area contributed by atoms with Crippen molar-refractivity contribution in [3.05, 3.63) is 78.0 Å². The standard InChI is InChI=1S/C25H29FN6O/c26-20-10-6-17(7-11-20)15-21(27)24(33)30-16-18-4-8-19(9-5-18)22-12-14-29-25(31-22)32-23-3-1-2-13-28-23/h1-3,6-7,10-14,18-19,21H,4-5,8-9,15-16,27H2,(H,30,33)(H,28,29,31,32). The average molecular weight is 449 g/mol. The van der Waals surface area contributed by atoms with E-state index in [4.69, 9.17) is 5.73 Å². The number of pyridine rings is 1. The van der Waals surface area contributed by atoms with E-state index in [9.17, 15) is 9.18 Å². The Labute approximate surface area is 193 Å². The highest BCUT2D eigenvalue weighted by Crippen LogP contribution is 2.35. The van der Waals surface area contributed by atoms with Gasteiger partial charge in [-0.15, -0.1) is 0 Å². The third kappa shape index (κ3) is 6.55. The second-order valence-electron chi connectivity index (χ2n) is 8.54. The molecule has 1 amide bonds. The van der Waals surface area contributed by atoms with Gasteiger partial charge in [-0.25, -0.2) is 19.3 Å². The van der Waals surface area contributed by atoms with Crippen molar-refractivity contribution < 1.29 is 9.18 Å². The SMILES string of the molecule is NC(Cc1ccc(F)cc1)C(=O)NCC1CCC(c2ccnc(Nc3ccccn3)n2)CC1. The monoisotopic (exact) mass is 448 g/mol. The van der Waals surface area contributed by atoms with Crippen LogP contribution < -0.4 is 16.4 Å². The lowest BCUT2D eigenvalue weighted by Crippen LogP contribution is -2.44. The van der Waals surface area contributed by atoms with Crippen molar-refractivity contribution in [3.63, 3.8) is 0 Å². The molecule has 1 aromatic carbocycles. The molecule has 33 heavy (non-hydrogen) atoms. The molecule has 1 saturated carbocycles. The molecule has 8 heteroatoms.